The lowest BCUT2D eigenvalue weighted by molar-refractivity contribution is 0.628. The van der Waals surface area contributed by atoms with E-state index in [9.17, 15) is 4.39 Å². The first-order valence-corrected chi connectivity index (χ1v) is 5.14. The van der Waals surface area contributed by atoms with Crippen molar-refractivity contribution in [3.63, 3.8) is 0 Å². The van der Waals surface area contributed by atoms with Crippen LogP contribution in [0.2, 0.25) is 0 Å². The summed E-state index contributed by atoms with van der Waals surface area (Å²) in [6.45, 7) is 2.12. The van der Waals surface area contributed by atoms with Gasteiger partial charge in [0.2, 0.25) is 0 Å². The molecule has 76 valence electrons. The van der Waals surface area contributed by atoms with Crippen LogP contribution >= 0.6 is 0 Å². The maximum absolute atomic E-state index is 13.0. The summed E-state index contributed by atoms with van der Waals surface area (Å²) in [5.74, 6) is -0.188. The lowest BCUT2D eigenvalue weighted by atomic mass is 10.0. The van der Waals surface area contributed by atoms with E-state index in [0.717, 1.165) is 17.5 Å². The molecule has 0 aliphatic rings. The van der Waals surface area contributed by atoms with E-state index in [1.807, 2.05) is 18.2 Å². The number of aryl methyl sites for hydroxylation is 1. The van der Waals surface area contributed by atoms with Crippen molar-refractivity contribution in [2.45, 2.75) is 13.3 Å². The van der Waals surface area contributed by atoms with E-state index in [1.54, 1.807) is 12.1 Å². The minimum atomic E-state index is -0.188. The first-order chi connectivity index (χ1) is 7.29. The molecule has 0 nitrogen and oxygen atoms in total. The van der Waals surface area contributed by atoms with Crippen molar-refractivity contribution in [3.05, 3.63) is 59.9 Å². The van der Waals surface area contributed by atoms with Crippen molar-refractivity contribution in [3.8, 4) is 11.1 Å². The Hall–Kier alpha value is -1.63. The van der Waals surface area contributed by atoms with Gasteiger partial charge >= 0.3 is 0 Å². The van der Waals surface area contributed by atoms with Crippen LogP contribution in [-0.2, 0) is 6.42 Å². The van der Waals surface area contributed by atoms with Gasteiger partial charge in [0, 0.05) is 0 Å². The standard InChI is InChI=1S/C14H13F/c1-2-11-6-8-12(9-7-11)13-4-3-5-14(15)10-13/h3-10H,2H2,1H3. The summed E-state index contributed by atoms with van der Waals surface area (Å²) in [5.41, 5.74) is 3.29. The lowest BCUT2D eigenvalue weighted by Gasteiger charge is -2.02. The van der Waals surface area contributed by atoms with E-state index in [1.165, 1.54) is 11.6 Å². The van der Waals surface area contributed by atoms with E-state index in [4.69, 9.17) is 0 Å². The van der Waals surface area contributed by atoms with Crippen LogP contribution in [-0.4, -0.2) is 0 Å². The normalized spacial score (nSPS) is 10.3. The Bertz CT molecular complexity index is 443. The van der Waals surface area contributed by atoms with Gasteiger partial charge in [0.05, 0.1) is 0 Å². The molecular weight excluding hydrogens is 187 g/mol. The summed E-state index contributed by atoms with van der Waals surface area (Å²) in [5, 5.41) is 0. The number of hydrogen-bond donors (Lipinski definition) is 0. The van der Waals surface area contributed by atoms with Crippen LogP contribution in [0.4, 0.5) is 4.39 Å². The van der Waals surface area contributed by atoms with Gasteiger partial charge in [0.15, 0.2) is 0 Å². The maximum atomic E-state index is 13.0. The summed E-state index contributed by atoms with van der Waals surface area (Å²) in [7, 11) is 0. The van der Waals surface area contributed by atoms with Crippen LogP contribution in [0.3, 0.4) is 0 Å². The fraction of sp³-hybridized carbons (Fsp3) is 0.143. The van der Waals surface area contributed by atoms with E-state index in [-0.39, 0.29) is 5.82 Å². The molecule has 2 rings (SSSR count). The molecular formula is C14H13F. The van der Waals surface area contributed by atoms with Gasteiger partial charge in [-0.2, -0.15) is 0 Å². The zero-order chi connectivity index (χ0) is 10.7. The molecule has 0 aliphatic heterocycles. The Morgan fingerprint density at radius 3 is 2.27 bits per heavy atom. The van der Waals surface area contributed by atoms with E-state index in [2.05, 4.69) is 19.1 Å². The van der Waals surface area contributed by atoms with Crippen molar-refractivity contribution in [2.24, 2.45) is 0 Å². The fourth-order valence-electron chi connectivity index (χ4n) is 1.60. The van der Waals surface area contributed by atoms with Gasteiger partial charge < -0.3 is 0 Å². The molecule has 15 heavy (non-hydrogen) atoms. The molecule has 0 radical (unpaired) electrons. The lowest BCUT2D eigenvalue weighted by Crippen LogP contribution is -1.82. The third-order valence-electron chi connectivity index (χ3n) is 2.52. The molecule has 2 aromatic carbocycles. The molecule has 0 heterocycles. The van der Waals surface area contributed by atoms with Gasteiger partial charge in [-0.1, -0.05) is 43.3 Å². The molecule has 0 saturated heterocycles. The highest BCUT2D eigenvalue weighted by atomic mass is 19.1. The second kappa shape index (κ2) is 4.26. The van der Waals surface area contributed by atoms with Crippen LogP contribution in [0.15, 0.2) is 48.5 Å². The van der Waals surface area contributed by atoms with Crippen molar-refractivity contribution in [1.29, 1.82) is 0 Å². The van der Waals surface area contributed by atoms with E-state index < -0.39 is 0 Å². The van der Waals surface area contributed by atoms with Crippen LogP contribution in [0.1, 0.15) is 12.5 Å². The van der Waals surface area contributed by atoms with E-state index in [0.29, 0.717) is 0 Å². The van der Waals surface area contributed by atoms with Gasteiger partial charge in [0.25, 0.3) is 0 Å². The summed E-state index contributed by atoms with van der Waals surface area (Å²) >= 11 is 0. The molecule has 1 heteroatoms. The second-order valence-electron chi connectivity index (χ2n) is 3.56. The molecule has 0 amide bonds. The molecule has 0 fully saturated rings. The highest BCUT2D eigenvalue weighted by Gasteiger charge is 1.98. The summed E-state index contributed by atoms with van der Waals surface area (Å²) in [6.07, 6.45) is 1.03. The predicted octanol–water partition coefficient (Wildman–Crippen LogP) is 4.06. The zero-order valence-corrected chi connectivity index (χ0v) is 8.70. The minimum absolute atomic E-state index is 0.188. The SMILES string of the molecule is CCc1ccc(-c2cccc(F)c2)cc1. The molecule has 0 atom stereocenters. The molecule has 0 spiro atoms. The summed E-state index contributed by atoms with van der Waals surface area (Å²) in [6, 6.07) is 14.9. The smallest absolute Gasteiger partial charge is 0.123 e. The number of benzene rings is 2. The highest BCUT2D eigenvalue weighted by molar-refractivity contribution is 5.63. The first kappa shape index (κ1) is 9.91. The Labute approximate surface area is 89.4 Å². The molecule has 0 saturated carbocycles. The minimum Gasteiger partial charge on any atom is -0.207 e. The van der Waals surface area contributed by atoms with Crippen LogP contribution in [0, 0.1) is 5.82 Å². The molecule has 0 aliphatic carbocycles. The monoisotopic (exact) mass is 200 g/mol. The van der Waals surface area contributed by atoms with Crippen molar-refractivity contribution in [1.82, 2.24) is 0 Å². The Morgan fingerprint density at radius 2 is 1.67 bits per heavy atom. The summed E-state index contributed by atoms with van der Waals surface area (Å²) in [4.78, 5) is 0. The average molecular weight is 200 g/mol. The Morgan fingerprint density at radius 1 is 0.933 bits per heavy atom. The van der Waals surface area contributed by atoms with Crippen LogP contribution < -0.4 is 0 Å². The average Bonchev–Trinajstić information content (AvgIpc) is 2.29. The number of halogens is 1. The van der Waals surface area contributed by atoms with Crippen LogP contribution in [0.25, 0.3) is 11.1 Å². The van der Waals surface area contributed by atoms with Crippen molar-refractivity contribution in [2.75, 3.05) is 0 Å². The predicted molar refractivity (Wildman–Crippen MR) is 61.2 cm³/mol. The molecule has 0 bridgehead atoms. The first-order valence-electron chi connectivity index (χ1n) is 5.14. The van der Waals surface area contributed by atoms with Crippen molar-refractivity contribution < 1.29 is 4.39 Å². The molecule has 2 aromatic rings. The van der Waals surface area contributed by atoms with Crippen molar-refractivity contribution >= 4 is 0 Å². The third-order valence-corrected chi connectivity index (χ3v) is 2.52. The van der Waals surface area contributed by atoms with Gasteiger partial charge in [-0.05, 0) is 35.2 Å². The molecule has 0 aromatic heterocycles. The van der Waals surface area contributed by atoms with Gasteiger partial charge in [-0.15, -0.1) is 0 Å². The zero-order valence-electron chi connectivity index (χ0n) is 8.70. The largest absolute Gasteiger partial charge is 0.207 e. The fourth-order valence-corrected chi connectivity index (χ4v) is 1.60. The molecule has 0 unspecified atom stereocenters. The molecule has 0 N–H and O–H groups in total. The van der Waals surface area contributed by atoms with Gasteiger partial charge in [-0.3, -0.25) is 0 Å². The number of hydrogen-bond acceptors (Lipinski definition) is 0. The topological polar surface area (TPSA) is 0 Å². The third kappa shape index (κ3) is 2.24. The van der Waals surface area contributed by atoms with Crippen LogP contribution in [0.5, 0.6) is 0 Å². The summed E-state index contributed by atoms with van der Waals surface area (Å²) < 4.78 is 13.0. The highest BCUT2D eigenvalue weighted by Crippen LogP contribution is 2.20. The number of rotatable bonds is 2. The quantitative estimate of drug-likeness (QED) is 0.686. The van der Waals surface area contributed by atoms with E-state index >= 15 is 0 Å². The Kier molecular flexibility index (Phi) is 2.82. The Balaban J connectivity index is 2.37. The van der Waals surface area contributed by atoms with Gasteiger partial charge in [0.1, 0.15) is 5.82 Å². The maximum Gasteiger partial charge on any atom is 0.123 e. The van der Waals surface area contributed by atoms with Gasteiger partial charge in [-0.25, -0.2) is 4.39 Å². The second-order valence-corrected chi connectivity index (χ2v) is 3.56.